The molecule has 0 aromatic heterocycles. The van der Waals surface area contributed by atoms with E-state index in [9.17, 15) is 13.2 Å². The number of carbonyl (C=O) groups is 1. The summed E-state index contributed by atoms with van der Waals surface area (Å²) < 4.78 is 22.9. The molecular formula is C13H18ClNO3S. The maximum atomic E-state index is 12.1. The van der Waals surface area contributed by atoms with E-state index in [1.165, 1.54) is 18.2 Å². The minimum absolute atomic E-state index is 0.0227. The van der Waals surface area contributed by atoms with Gasteiger partial charge in [-0.1, -0.05) is 25.4 Å². The fraction of sp³-hybridized carbons (Fsp3) is 0.462. The fourth-order valence-electron chi connectivity index (χ4n) is 1.36. The minimum Gasteiger partial charge on any atom is -0.349 e. The van der Waals surface area contributed by atoms with Crippen LogP contribution in [0.15, 0.2) is 23.1 Å². The van der Waals surface area contributed by atoms with Gasteiger partial charge in [-0.05, 0) is 31.0 Å². The zero-order valence-corrected chi connectivity index (χ0v) is 13.0. The van der Waals surface area contributed by atoms with E-state index in [4.69, 9.17) is 11.6 Å². The standard InChI is InChI=1S/C13H18ClNO3S/c1-8(2)9(3)15-13(16)11-7-10(19(4,17)18)5-6-12(11)14/h5-9H,1-4H3,(H,15,16). The van der Waals surface area contributed by atoms with Crippen LogP contribution < -0.4 is 5.32 Å². The topological polar surface area (TPSA) is 63.2 Å². The number of hydrogen-bond acceptors (Lipinski definition) is 3. The maximum absolute atomic E-state index is 12.1. The second-order valence-corrected chi connectivity index (χ2v) is 7.34. The molecule has 0 saturated heterocycles. The van der Waals surface area contributed by atoms with Crippen molar-refractivity contribution in [2.24, 2.45) is 5.92 Å². The maximum Gasteiger partial charge on any atom is 0.253 e. The predicted octanol–water partition coefficient (Wildman–Crippen LogP) is 2.52. The van der Waals surface area contributed by atoms with Gasteiger partial charge in [0.25, 0.3) is 5.91 Å². The summed E-state index contributed by atoms with van der Waals surface area (Å²) in [5.41, 5.74) is 0.178. The van der Waals surface area contributed by atoms with Gasteiger partial charge in [-0.2, -0.15) is 0 Å². The van der Waals surface area contributed by atoms with E-state index >= 15 is 0 Å². The summed E-state index contributed by atoms with van der Waals surface area (Å²) in [6.07, 6.45) is 1.09. The van der Waals surface area contributed by atoms with Gasteiger partial charge >= 0.3 is 0 Å². The van der Waals surface area contributed by atoms with E-state index in [1.54, 1.807) is 0 Å². The quantitative estimate of drug-likeness (QED) is 0.929. The molecule has 0 aliphatic rings. The summed E-state index contributed by atoms with van der Waals surface area (Å²) in [4.78, 5) is 12.2. The van der Waals surface area contributed by atoms with E-state index < -0.39 is 9.84 Å². The number of carbonyl (C=O) groups excluding carboxylic acids is 1. The number of sulfone groups is 1. The Morgan fingerprint density at radius 3 is 2.32 bits per heavy atom. The lowest BCUT2D eigenvalue weighted by Gasteiger charge is -2.18. The zero-order valence-electron chi connectivity index (χ0n) is 11.4. The van der Waals surface area contributed by atoms with E-state index in [0.29, 0.717) is 0 Å². The Kier molecular flexibility index (Phi) is 4.98. The van der Waals surface area contributed by atoms with Crippen molar-refractivity contribution in [2.75, 3.05) is 6.26 Å². The summed E-state index contributed by atoms with van der Waals surface area (Å²) in [5.74, 6) is -0.0856. The summed E-state index contributed by atoms with van der Waals surface area (Å²) in [6.45, 7) is 5.86. The monoisotopic (exact) mass is 303 g/mol. The van der Waals surface area contributed by atoms with Crippen molar-refractivity contribution in [3.8, 4) is 0 Å². The van der Waals surface area contributed by atoms with Gasteiger partial charge in [0.15, 0.2) is 9.84 Å². The molecule has 19 heavy (non-hydrogen) atoms. The van der Waals surface area contributed by atoms with Crippen LogP contribution in [0.1, 0.15) is 31.1 Å². The van der Waals surface area contributed by atoms with Crippen molar-refractivity contribution in [3.05, 3.63) is 28.8 Å². The van der Waals surface area contributed by atoms with Gasteiger partial charge in [-0.25, -0.2) is 8.42 Å². The number of benzene rings is 1. The minimum atomic E-state index is -3.36. The highest BCUT2D eigenvalue weighted by atomic mass is 35.5. The van der Waals surface area contributed by atoms with Crippen molar-refractivity contribution in [3.63, 3.8) is 0 Å². The second-order valence-electron chi connectivity index (χ2n) is 4.92. The summed E-state index contributed by atoms with van der Waals surface area (Å²) in [5, 5.41) is 3.03. The normalized spacial score (nSPS) is 13.4. The smallest absolute Gasteiger partial charge is 0.253 e. The lowest BCUT2D eigenvalue weighted by molar-refractivity contribution is 0.0930. The molecule has 1 aromatic carbocycles. The molecule has 0 heterocycles. The molecule has 1 rings (SSSR count). The van der Waals surface area contributed by atoms with Crippen molar-refractivity contribution in [1.29, 1.82) is 0 Å². The lowest BCUT2D eigenvalue weighted by atomic mass is 10.1. The molecule has 1 unspecified atom stereocenters. The first kappa shape index (κ1) is 16.0. The molecule has 1 aromatic rings. The highest BCUT2D eigenvalue weighted by Crippen LogP contribution is 2.20. The number of rotatable bonds is 4. The van der Waals surface area contributed by atoms with Crippen molar-refractivity contribution >= 4 is 27.3 Å². The largest absolute Gasteiger partial charge is 0.349 e. The highest BCUT2D eigenvalue weighted by Gasteiger charge is 2.17. The van der Waals surface area contributed by atoms with Crippen LogP contribution in [0.2, 0.25) is 5.02 Å². The molecule has 1 amide bonds. The van der Waals surface area contributed by atoms with Crippen LogP contribution in [0, 0.1) is 5.92 Å². The molecular weight excluding hydrogens is 286 g/mol. The van der Waals surface area contributed by atoms with Crippen LogP contribution in [0.5, 0.6) is 0 Å². The predicted molar refractivity (Wildman–Crippen MR) is 76.3 cm³/mol. The Morgan fingerprint density at radius 2 is 1.84 bits per heavy atom. The molecule has 1 N–H and O–H groups in total. The first-order valence-electron chi connectivity index (χ1n) is 5.93. The molecule has 0 fully saturated rings. The summed E-state index contributed by atoms with van der Waals surface area (Å²) in [6, 6.07) is 4.10. The Bertz CT molecular complexity index is 582. The van der Waals surface area contributed by atoms with Crippen LogP contribution in [-0.2, 0) is 9.84 Å². The molecule has 0 saturated carbocycles. The van der Waals surface area contributed by atoms with Gasteiger partial charge in [0.05, 0.1) is 15.5 Å². The second kappa shape index (κ2) is 5.92. The van der Waals surface area contributed by atoms with E-state index in [-0.39, 0.29) is 33.3 Å². The van der Waals surface area contributed by atoms with E-state index in [2.05, 4.69) is 5.32 Å². The molecule has 0 radical (unpaired) electrons. The third-order valence-electron chi connectivity index (χ3n) is 2.97. The number of hydrogen-bond donors (Lipinski definition) is 1. The summed E-state index contributed by atoms with van der Waals surface area (Å²) >= 11 is 5.95. The van der Waals surface area contributed by atoms with Crippen LogP contribution in [-0.4, -0.2) is 26.6 Å². The molecule has 4 nitrogen and oxygen atoms in total. The number of amides is 1. The Hall–Kier alpha value is -1.07. The van der Waals surface area contributed by atoms with Gasteiger partial charge in [-0.3, -0.25) is 4.79 Å². The van der Waals surface area contributed by atoms with Gasteiger partial charge in [-0.15, -0.1) is 0 Å². The fourth-order valence-corrected chi connectivity index (χ4v) is 2.21. The van der Waals surface area contributed by atoms with Crippen molar-refractivity contribution in [2.45, 2.75) is 31.7 Å². The van der Waals surface area contributed by atoms with Gasteiger partial charge in [0.2, 0.25) is 0 Å². The zero-order chi connectivity index (χ0) is 14.8. The Balaban J connectivity index is 3.10. The van der Waals surface area contributed by atoms with Gasteiger partial charge < -0.3 is 5.32 Å². The van der Waals surface area contributed by atoms with Crippen LogP contribution >= 0.6 is 11.6 Å². The Labute approximate surface area is 119 Å². The molecule has 0 aliphatic carbocycles. The van der Waals surface area contributed by atoms with Crippen molar-refractivity contribution < 1.29 is 13.2 Å². The van der Waals surface area contributed by atoms with E-state index in [0.717, 1.165) is 6.26 Å². The number of nitrogens with one attached hydrogen (secondary N) is 1. The Morgan fingerprint density at radius 1 is 1.26 bits per heavy atom. The van der Waals surface area contributed by atoms with Crippen molar-refractivity contribution in [1.82, 2.24) is 5.32 Å². The molecule has 0 aliphatic heterocycles. The lowest BCUT2D eigenvalue weighted by Crippen LogP contribution is -2.36. The average Bonchev–Trinajstić information content (AvgIpc) is 2.27. The third-order valence-corrected chi connectivity index (χ3v) is 4.41. The van der Waals surface area contributed by atoms with E-state index in [1.807, 2.05) is 20.8 Å². The molecule has 0 spiro atoms. The first-order chi connectivity index (χ1) is 8.62. The van der Waals surface area contributed by atoms with Crippen LogP contribution in [0.3, 0.4) is 0 Å². The molecule has 6 heteroatoms. The SMILES string of the molecule is CC(C)C(C)NC(=O)c1cc(S(C)(=O)=O)ccc1Cl. The van der Waals surface area contributed by atoms with Crippen LogP contribution in [0.4, 0.5) is 0 Å². The highest BCUT2D eigenvalue weighted by molar-refractivity contribution is 7.90. The average molecular weight is 304 g/mol. The molecule has 0 bridgehead atoms. The molecule has 1 atom stereocenters. The van der Waals surface area contributed by atoms with Gasteiger partial charge in [0.1, 0.15) is 0 Å². The summed E-state index contributed by atoms with van der Waals surface area (Å²) in [7, 11) is -3.36. The van der Waals surface area contributed by atoms with Crippen LogP contribution in [0.25, 0.3) is 0 Å². The number of halogens is 1. The van der Waals surface area contributed by atoms with Gasteiger partial charge in [0, 0.05) is 12.3 Å². The molecule has 106 valence electrons. The third kappa shape index (κ3) is 4.21. The first-order valence-corrected chi connectivity index (χ1v) is 8.20.